The number of halogens is 5. The third-order valence-corrected chi connectivity index (χ3v) is 9.66. The molecule has 288 valence electrons. The maximum atomic E-state index is 15.6. The van der Waals surface area contributed by atoms with E-state index in [1.807, 2.05) is 162 Å². The highest BCUT2D eigenvalue weighted by Crippen LogP contribution is 2.43. The second-order valence-electron chi connectivity index (χ2n) is 14.0. The number of H-pyrrole nitrogens is 1. The number of benzene rings is 5. The molecule has 0 radical (unpaired) electrons. The largest absolute Gasteiger partial charge is 0.451 e. The van der Waals surface area contributed by atoms with E-state index in [-0.39, 0.29) is 22.8 Å². The van der Waals surface area contributed by atoms with Gasteiger partial charge in [-0.1, -0.05) is 72.8 Å². The van der Waals surface area contributed by atoms with E-state index in [2.05, 4.69) is 10.1 Å². The Labute approximate surface area is 331 Å². The number of hydrogen-bond acceptors (Lipinski definition) is 6. The van der Waals surface area contributed by atoms with Crippen LogP contribution in [0.3, 0.4) is 0 Å². The summed E-state index contributed by atoms with van der Waals surface area (Å²) in [6, 6.07) is 48.7. The van der Waals surface area contributed by atoms with E-state index in [9.17, 15) is 17.6 Å². The Morgan fingerprint density at radius 1 is 0.483 bits per heavy atom. The minimum Gasteiger partial charge on any atom is -0.310 e. The van der Waals surface area contributed by atoms with E-state index in [4.69, 9.17) is 9.97 Å². The molecule has 0 aliphatic carbocycles. The summed E-state index contributed by atoms with van der Waals surface area (Å²) in [5.74, 6) is -3.06. The summed E-state index contributed by atoms with van der Waals surface area (Å²) >= 11 is 0. The number of nitrogens with zero attached hydrogens (tertiary/aromatic N) is 6. The Kier molecular flexibility index (Phi) is 10.00. The van der Waals surface area contributed by atoms with Crippen LogP contribution in [0.2, 0.25) is 0 Å². The SMILES string of the molecule is CC(C)(c1cc(N(c2ccccc2)c2ccccc2)cc(-c2n[nH]c(C(F)(F)F)n2)n1)c1cc(N(c2ccccc2)c2ccccc2)cc(-c2ccc(F)cc2F)n1. The highest BCUT2D eigenvalue weighted by atomic mass is 19.4. The molecular weight excluding hydrogens is 746 g/mol. The summed E-state index contributed by atoms with van der Waals surface area (Å²) in [6.07, 6.45) is -4.77. The summed E-state index contributed by atoms with van der Waals surface area (Å²) in [7, 11) is 0. The second-order valence-corrected chi connectivity index (χ2v) is 14.0. The topological polar surface area (TPSA) is 73.8 Å². The molecule has 7 nitrogen and oxygen atoms in total. The molecule has 0 saturated carbocycles. The van der Waals surface area contributed by atoms with Crippen LogP contribution in [-0.4, -0.2) is 25.1 Å². The first-order valence-electron chi connectivity index (χ1n) is 18.3. The average molecular weight is 780 g/mol. The van der Waals surface area contributed by atoms with Crippen molar-refractivity contribution in [1.29, 1.82) is 0 Å². The summed E-state index contributed by atoms with van der Waals surface area (Å²) in [5.41, 5.74) is 4.43. The number of pyridine rings is 2. The zero-order valence-corrected chi connectivity index (χ0v) is 31.2. The van der Waals surface area contributed by atoms with E-state index < -0.39 is 29.1 Å². The molecule has 3 aromatic heterocycles. The molecule has 12 heteroatoms. The fourth-order valence-electron chi connectivity index (χ4n) is 6.72. The number of rotatable bonds is 10. The minimum atomic E-state index is -4.77. The Morgan fingerprint density at radius 3 is 1.33 bits per heavy atom. The van der Waals surface area contributed by atoms with Crippen LogP contribution in [0, 0.1) is 11.6 Å². The van der Waals surface area contributed by atoms with Gasteiger partial charge in [0.05, 0.1) is 28.5 Å². The van der Waals surface area contributed by atoms with Crippen LogP contribution in [0.25, 0.3) is 22.8 Å². The van der Waals surface area contributed by atoms with Crippen LogP contribution in [0.5, 0.6) is 0 Å². The van der Waals surface area contributed by atoms with Gasteiger partial charge >= 0.3 is 6.18 Å². The van der Waals surface area contributed by atoms with E-state index in [1.165, 1.54) is 12.1 Å². The Hall–Kier alpha value is -7.21. The van der Waals surface area contributed by atoms with Crippen molar-refractivity contribution in [3.63, 3.8) is 0 Å². The zero-order valence-electron chi connectivity index (χ0n) is 31.2. The van der Waals surface area contributed by atoms with Gasteiger partial charge in [0.15, 0.2) is 5.82 Å². The first-order chi connectivity index (χ1) is 28.0. The van der Waals surface area contributed by atoms with Crippen LogP contribution in [0.15, 0.2) is 164 Å². The molecule has 3 heterocycles. The van der Waals surface area contributed by atoms with Gasteiger partial charge in [0, 0.05) is 39.8 Å². The Morgan fingerprint density at radius 2 is 0.914 bits per heavy atom. The van der Waals surface area contributed by atoms with Gasteiger partial charge in [-0.05, 0) is 98.8 Å². The Balaban J connectivity index is 1.38. The van der Waals surface area contributed by atoms with Crippen molar-refractivity contribution in [1.82, 2.24) is 25.1 Å². The fourth-order valence-corrected chi connectivity index (χ4v) is 6.72. The van der Waals surface area contributed by atoms with Crippen molar-refractivity contribution in [3.8, 4) is 22.8 Å². The van der Waals surface area contributed by atoms with E-state index in [0.29, 0.717) is 22.8 Å². The molecule has 0 aliphatic heterocycles. The number of nitrogens with one attached hydrogen (secondary N) is 1. The number of hydrogen-bond donors (Lipinski definition) is 1. The molecule has 0 amide bonds. The number of aromatic nitrogens is 5. The summed E-state index contributed by atoms with van der Waals surface area (Å²) < 4.78 is 71.3. The van der Waals surface area contributed by atoms with Crippen molar-refractivity contribution in [2.45, 2.75) is 25.4 Å². The summed E-state index contributed by atoms with van der Waals surface area (Å²) in [4.78, 5) is 17.7. The van der Waals surface area contributed by atoms with Crippen molar-refractivity contribution in [3.05, 3.63) is 193 Å². The van der Waals surface area contributed by atoms with Crippen LogP contribution >= 0.6 is 0 Å². The smallest absolute Gasteiger partial charge is 0.310 e. The summed E-state index contributed by atoms with van der Waals surface area (Å²) in [6.45, 7) is 3.76. The molecule has 8 rings (SSSR count). The van der Waals surface area contributed by atoms with Crippen LogP contribution in [0.4, 0.5) is 56.1 Å². The quantitative estimate of drug-likeness (QED) is 0.139. The number of alkyl halides is 3. The first kappa shape index (κ1) is 37.7. The maximum Gasteiger partial charge on any atom is 0.451 e. The lowest BCUT2D eigenvalue weighted by atomic mass is 9.83. The lowest BCUT2D eigenvalue weighted by molar-refractivity contribution is -0.144. The monoisotopic (exact) mass is 779 g/mol. The van der Waals surface area contributed by atoms with Gasteiger partial charge in [0.2, 0.25) is 5.82 Å². The van der Waals surface area contributed by atoms with E-state index in [0.717, 1.165) is 28.8 Å². The molecule has 58 heavy (non-hydrogen) atoms. The van der Waals surface area contributed by atoms with Gasteiger partial charge in [-0.2, -0.15) is 18.3 Å². The molecule has 8 aromatic rings. The van der Waals surface area contributed by atoms with Crippen LogP contribution in [-0.2, 0) is 11.6 Å². The molecule has 1 N–H and O–H groups in total. The van der Waals surface area contributed by atoms with Gasteiger partial charge in [-0.15, -0.1) is 0 Å². The van der Waals surface area contributed by atoms with Crippen molar-refractivity contribution in [2.75, 3.05) is 9.80 Å². The molecule has 0 saturated heterocycles. The van der Waals surface area contributed by atoms with Gasteiger partial charge < -0.3 is 9.80 Å². The lowest BCUT2D eigenvalue weighted by Crippen LogP contribution is -2.24. The van der Waals surface area contributed by atoms with Gasteiger partial charge in [-0.25, -0.2) is 18.7 Å². The molecule has 0 bridgehead atoms. The molecular formula is C46H34F5N7. The number of para-hydroxylation sites is 4. The fraction of sp³-hybridized carbons (Fsp3) is 0.0870. The minimum absolute atomic E-state index is 0.0698. The van der Waals surface area contributed by atoms with E-state index >= 15 is 4.39 Å². The molecule has 0 atom stereocenters. The second kappa shape index (κ2) is 15.4. The predicted molar refractivity (Wildman–Crippen MR) is 216 cm³/mol. The first-order valence-corrected chi connectivity index (χ1v) is 18.3. The molecule has 0 aliphatic rings. The van der Waals surface area contributed by atoms with Crippen molar-refractivity contribution >= 4 is 34.1 Å². The Bertz CT molecular complexity index is 2590. The highest BCUT2D eigenvalue weighted by Gasteiger charge is 2.36. The molecule has 0 spiro atoms. The van der Waals surface area contributed by atoms with Crippen LogP contribution in [0.1, 0.15) is 31.1 Å². The highest BCUT2D eigenvalue weighted by molar-refractivity contribution is 5.81. The lowest BCUT2D eigenvalue weighted by Gasteiger charge is -2.31. The predicted octanol–water partition coefficient (Wildman–Crippen LogP) is 12.5. The van der Waals surface area contributed by atoms with Gasteiger partial charge in [0.1, 0.15) is 17.3 Å². The summed E-state index contributed by atoms with van der Waals surface area (Å²) in [5, 5.41) is 5.95. The maximum absolute atomic E-state index is 15.6. The van der Waals surface area contributed by atoms with Crippen molar-refractivity contribution in [2.24, 2.45) is 0 Å². The third kappa shape index (κ3) is 7.64. The standard InChI is InChI=1S/C46H34F5N7/c1-45(2,41-28-35(26-39(52-41)37-24-23-30(47)25-38(37)48)57(31-15-7-3-8-16-31)32-17-9-4-10-18-32)42-29-36(27-40(53-42)43-54-44(56-55-43)46(49,50)51)58(33-19-11-5-12-20-33)34-21-13-6-14-22-34/h3-29H,1-2H3,(H,54,55,56). The van der Waals surface area contributed by atoms with Crippen molar-refractivity contribution < 1.29 is 22.0 Å². The molecule has 5 aromatic carbocycles. The third-order valence-electron chi connectivity index (χ3n) is 9.66. The molecule has 0 fully saturated rings. The van der Waals surface area contributed by atoms with Crippen LogP contribution < -0.4 is 9.80 Å². The number of anilines is 6. The van der Waals surface area contributed by atoms with Gasteiger partial charge in [0.25, 0.3) is 0 Å². The van der Waals surface area contributed by atoms with Gasteiger partial charge in [-0.3, -0.25) is 10.1 Å². The number of aromatic amines is 1. The average Bonchev–Trinajstić information content (AvgIpc) is 3.75. The zero-order chi connectivity index (χ0) is 40.4. The van der Waals surface area contributed by atoms with E-state index in [1.54, 1.807) is 12.1 Å². The normalized spacial score (nSPS) is 11.7. The molecule has 0 unspecified atom stereocenters.